The van der Waals surface area contributed by atoms with Gasteiger partial charge in [-0.3, -0.25) is 4.79 Å². The molecule has 22 heavy (non-hydrogen) atoms. The SMILES string of the molecule is C=Cc1cn(CCOC(=O)C(C)(C)C)c(C2CCNCC2)n1. The van der Waals surface area contributed by atoms with Crippen molar-refractivity contribution in [1.82, 2.24) is 14.9 Å². The summed E-state index contributed by atoms with van der Waals surface area (Å²) in [5.74, 6) is 1.39. The van der Waals surface area contributed by atoms with Gasteiger partial charge in [0.1, 0.15) is 12.4 Å². The highest BCUT2D eigenvalue weighted by Gasteiger charge is 2.24. The van der Waals surface area contributed by atoms with Crippen molar-refractivity contribution in [2.24, 2.45) is 5.41 Å². The summed E-state index contributed by atoms with van der Waals surface area (Å²) < 4.78 is 7.48. The maximum atomic E-state index is 11.8. The largest absolute Gasteiger partial charge is 0.463 e. The van der Waals surface area contributed by atoms with Crippen molar-refractivity contribution in [1.29, 1.82) is 0 Å². The van der Waals surface area contributed by atoms with E-state index in [1.165, 1.54) is 0 Å². The summed E-state index contributed by atoms with van der Waals surface area (Å²) >= 11 is 0. The molecule has 1 aromatic heterocycles. The first-order valence-electron chi connectivity index (χ1n) is 7.99. The van der Waals surface area contributed by atoms with E-state index >= 15 is 0 Å². The molecule has 1 aliphatic rings. The Morgan fingerprint density at radius 1 is 1.50 bits per heavy atom. The van der Waals surface area contributed by atoms with Gasteiger partial charge in [0.2, 0.25) is 0 Å². The Morgan fingerprint density at radius 2 is 2.18 bits per heavy atom. The molecule has 5 heteroatoms. The minimum atomic E-state index is -0.459. The highest BCUT2D eigenvalue weighted by Crippen LogP contribution is 2.25. The highest BCUT2D eigenvalue weighted by molar-refractivity contribution is 5.75. The molecule has 1 aliphatic heterocycles. The zero-order valence-corrected chi connectivity index (χ0v) is 13.9. The number of carbonyl (C=O) groups excluding carboxylic acids is 1. The lowest BCUT2D eigenvalue weighted by atomic mass is 9.97. The summed E-state index contributed by atoms with van der Waals surface area (Å²) in [5.41, 5.74) is 0.426. The molecule has 0 saturated carbocycles. The molecule has 0 unspecified atom stereocenters. The number of aromatic nitrogens is 2. The van der Waals surface area contributed by atoms with Crippen LogP contribution in [0.25, 0.3) is 6.08 Å². The molecule has 0 spiro atoms. The average molecular weight is 305 g/mol. The van der Waals surface area contributed by atoms with E-state index in [-0.39, 0.29) is 5.97 Å². The molecule has 1 aromatic rings. The second kappa shape index (κ2) is 7.09. The Morgan fingerprint density at radius 3 is 2.77 bits per heavy atom. The molecule has 0 bridgehead atoms. The third-order valence-corrected chi connectivity index (χ3v) is 3.92. The van der Waals surface area contributed by atoms with Crippen molar-refractivity contribution >= 4 is 12.0 Å². The van der Waals surface area contributed by atoms with Crippen LogP contribution >= 0.6 is 0 Å². The average Bonchev–Trinajstić information content (AvgIpc) is 2.90. The molecular weight excluding hydrogens is 278 g/mol. The second-order valence-electron chi connectivity index (χ2n) is 6.83. The molecule has 1 N–H and O–H groups in total. The number of hydrogen-bond donors (Lipinski definition) is 1. The van der Waals surface area contributed by atoms with Gasteiger partial charge in [-0.25, -0.2) is 4.98 Å². The number of imidazole rings is 1. The van der Waals surface area contributed by atoms with E-state index in [0.717, 1.165) is 37.4 Å². The third kappa shape index (κ3) is 4.19. The summed E-state index contributed by atoms with van der Waals surface area (Å²) in [6, 6.07) is 0. The molecule has 0 atom stereocenters. The molecular formula is C17H27N3O2. The summed E-state index contributed by atoms with van der Waals surface area (Å²) in [5, 5.41) is 3.37. The van der Waals surface area contributed by atoms with E-state index in [2.05, 4.69) is 21.4 Å². The molecule has 2 rings (SSSR count). The van der Waals surface area contributed by atoms with Crippen LogP contribution in [0.15, 0.2) is 12.8 Å². The van der Waals surface area contributed by atoms with Crippen molar-refractivity contribution in [2.45, 2.75) is 46.1 Å². The van der Waals surface area contributed by atoms with Gasteiger partial charge in [0.05, 0.1) is 17.7 Å². The van der Waals surface area contributed by atoms with E-state index < -0.39 is 5.41 Å². The van der Waals surface area contributed by atoms with Crippen LogP contribution in [0, 0.1) is 5.41 Å². The monoisotopic (exact) mass is 305 g/mol. The van der Waals surface area contributed by atoms with E-state index in [0.29, 0.717) is 19.1 Å². The summed E-state index contributed by atoms with van der Waals surface area (Å²) in [4.78, 5) is 16.5. The van der Waals surface area contributed by atoms with Crippen LogP contribution in [-0.4, -0.2) is 35.2 Å². The number of nitrogens with one attached hydrogen (secondary N) is 1. The van der Waals surface area contributed by atoms with E-state index in [1.807, 2.05) is 27.0 Å². The third-order valence-electron chi connectivity index (χ3n) is 3.92. The number of hydrogen-bond acceptors (Lipinski definition) is 4. The van der Waals surface area contributed by atoms with Crippen LogP contribution in [0.1, 0.15) is 51.0 Å². The van der Waals surface area contributed by atoms with Gasteiger partial charge in [-0.05, 0) is 52.8 Å². The zero-order valence-electron chi connectivity index (χ0n) is 13.9. The Bertz CT molecular complexity index is 522. The lowest BCUT2D eigenvalue weighted by Gasteiger charge is -2.23. The summed E-state index contributed by atoms with van der Waals surface area (Å²) in [6.07, 6.45) is 5.95. The molecule has 1 fully saturated rings. The van der Waals surface area contributed by atoms with Crippen molar-refractivity contribution < 1.29 is 9.53 Å². The number of piperidine rings is 1. The molecule has 5 nitrogen and oxygen atoms in total. The van der Waals surface area contributed by atoms with Crippen molar-refractivity contribution in [2.75, 3.05) is 19.7 Å². The van der Waals surface area contributed by atoms with Crippen LogP contribution in [-0.2, 0) is 16.1 Å². The quantitative estimate of drug-likeness (QED) is 0.850. The zero-order chi connectivity index (χ0) is 16.2. The Kier molecular flexibility index (Phi) is 5.40. The molecule has 0 amide bonds. The van der Waals surface area contributed by atoms with Crippen LogP contribution in [0.2, 0.25) is 0 Å². The predicted molar refractivity (Wildman–Crippen MR) is 87.6 cm³/mol. The van der Waals surface area contributed by atoms with Gasteiger partial charge in [0, 0.05) is 12.1 Å². The normalized spacial score (nSPS) is 16.5. The van der Waals surface area contributed by atoms with Crippen molar-refractivity contribution in [3.63, 3.8) is 0 Å². The molecule has 0 aliphatic carbocycles. The number of rotatable bonds is 5. The Hall–Kier alpha value is -1.62. The van der Waals surface area contributed by atoms with Gasteiger partial charge in [0.25, 0.3) is 0 Å². The van der Waals surface area contributed by atoms with Crippen molar-refractivity contribution in [3.8, 4) is 0 Å². The standard InChI is InChI=1S/C17H27N3O2/c1-5-14-12-20(10-11-22-16(21)17(2,3)4)15(19-14)13-6-8-18-9-7-13/h5,12-13,18H,1,6-11H2,2-4H3. The fraction of sp³-hybridized carbons (Fsp3) is 0.647. The fourth-order valence-corrected chi connectivity index (χ4v) is 2.59. The minimum absolute atomic E-state index is 0.167. The number of nitrogens with zero attached hydrogens (tertiary/aromatic N) is 2. The summed E-state index contributed by atoms with van der Waals surface area (Å²) in [6.45, 7) is 12.5. The van der Waals surface area contributed by atoms with Crippen LogP contribution in [0.3, 0.4) is 0 Å². The lowest BCUT2D eigenvalue weighted by Crippen LogP contribution is -2.28. The smallest absolute Gasteiger partial charge is 0.311 e. The molecule has 2 heterocycles. The van der Waals surface area contributed by atoms with Gasteiger partial charge in [0.15, 0.2) is 0 Å². The van der Waals surface area contributed by atoms with E-state index in [1.54, 1.807) is 6.08 Å². The van der Waals surface area contributed by atoms with Gasteiger partial charge in [-0.2, -0.15) is 0 Å². The van der Waals surface area contributed by atoms with E-state index in [4.69, 9.17) is 4.74 Å². The second-order valence-corrected chi connectivity index (χ2v) is 6.83. The van der Waals surface area contributed by atoms with Gasteiger partial charge in [-0.15, -0.1) is 0 Å². The Labute approximate surface area is 132 Å². The lowest BCUT2D eigenvalue weighted by molar-refractivity contribution is -0.153. The van der Waals surface area contributed by atoms with Crippen LogP contribution in [0.5, 0.6) is 0 Å². The minimum Gasteiger partial charge on any atom is -0.463 e. The van der Waals surface area contributed by atoms with Gasteiger partial charge in [-0.1, -0.05) is 6.58 Å². The number of carbonyl (C=O) groups is 1. The van der Waals surface area contributed by atoms with Crippen LogP contribution < -0.4 is 5.32 Å². The maximum absolute atomic E-state index is 11.8. The van der Waals surface area contributed by atoms with E-state index in [9.17, 15) is 4.79 Å². The first kappa shape index (κ1) is 16.7. The van der Waals surface area contributed by atoms with Crippen molar-refractivity contribution in [3.05, 3.63) is 24.3 Å². The first-order valence-corrected chi connectivity index (χ1v) is 7.99. The molecule has 0 radical (unpaired) electrons. The molecule has 1 saturated heterocycles. The number of ether oxygens (including phenoxy) is 1. The highest BCUT2D eigenvalue weighted by atomic mass is 16.5. The predicted octanol–water partition coefficient (Wildman–Crippen LogP) is 2.58. The maximum Gasteiger partial charge on any atom is 0.311 e. The summed E-state index contributed by atoms with van der Waals surface area (Å²) in [7, 11) is 0. The van der Waals surface area contributed by atoms with Gasteiger partial charge >= 0.3 is 5.97 Å². The molecule has 122 valence electrons. The fourth-order valence-electron chi connectivity index (χ4n) is 2.59. The van der Waals surface area contributed by atoms with Gasteiger partial charge < -0.3 is 14.6 Å². The topological polar surface area (TPSA) is 56.1 Å². The Balaban J connectivity index is 2.01. The molecule has 0 aromatic carbocycles. The van der Waals surface area contributed by atoms with Crippen LogP contribution in [0.4, 0.5) is 0 Å². The number of esters is 1. The first-order chi connectivity index (χ1) is 10.4.